The van der Waals surface area contributed by atoms with Gasteiger partial charge in [0.2, 0.25) is 0 Å². The maximum atomic E-state index is 9.49. The highest BCUT2D eigenvalue weighted by molar-refractivity contribution is 4.81. The average molecular weight is 214 g/mol. The molecule has 0 spiro atoms. The molecule has 0 aromatic carbocycles. The van der Waals surface area contributed by atoms with Crippen molar-refractivity contribution in [1.82, 2.24) is 0 Å². The largest absolute Gasteiger partial charge is 0.396 e. The lowest BCUT2D eigenvalue weighted by Crippen LogP contribution is -2.30. The Hall–Kier alpha value is -0.0800. The van der Waals surface area contributed by atoms with E-state index in [4.69, 9.17) is 4.74 Å². The summed E-state index contributed by atoms with van der Waals surface area (Å²) in [6.07, 6.45) is 7.32. The van der Waals surface area contributed by atoms with Gasteiger partial charge < -0.3 is 9.84 Å². The Labute approximate surface area is 94.0 Å². The Balaban J connectivity index is 2.20. The number of aliphatic hydroxyl groups excluding tert-OH is 1. The zero-order valence-corrected chi connectivity index (χ0v) is 10.3. The predicted octanol–water partition coefficient (Wildman–Crippen LogP) is 2.99. The highest BCUT2D eigenvalue weighted by Crippen LogP contribution is 2.38. The van der Waals surface area contributed by atoms with E-state index in [1.54, 1.807) is 0 Å². The fourth-order valence-corrected chi connectivity index (χ4v) is 2.40. The van der Waals surface area contributed by atoms with Crippen LogP contribution in [0.4, 0.5) is 0 Å². The normalized spacial score (nSPS) is 20.8. The van der Waals surface area contributed by atoms with Crippen LogP contribution in [0, 0.1) is 11.3 Å². The van der Waals surface area contributed by atoms with Crippen LogP contribution in [0.3, 0.4) is 0 Å². The summed E-state index contributed by atoms with van der Waals surface area (Å²) in [4.78, 5) is 0. The first kappa shape index (κ1) is 13.0. The smallest absolute Gasteiger partial charge is 0.0488 e. The molecule has 2 heteroatoms. The molecule has 0 heterocycles. The standard InChI is InChI=1S/C13H26O2/c1-12(2)10-15-9-8-13(11-14)6-4-3-5-7-13/h12,14H,3-11H2,1-2H3. The second-order valence-corrected chi connectivity index (χ2v) is 5.44. The van der Waals surface area contributed by atoms with Gasteiger partial charge in [0.1, 0.15) is 0 Å². The quantitative estimate of drug-likeness (QED) is 0.689. The minimum Gasteiger partial charge on any atom is -0.396 e. The summed E-state index contributed by atoms with van der Waals surface area (Å²) >= 11 is 0. The number of ether oxygens (including phenoxy) is 1. The van der Waals surface area contributed by atoms with E-state index in [9.17, 15) is 5.11 Å². The van der Waals surface area contributed by atoms with Gasteiger partial charge in [0.25, 0.3) is 0 Å². The third-order valence-electron chi connectivity index (χ3n) is 3.48. The van der Waals surface area contributed by atoms with Gasteiger partial charge in [-0.3, -0.25) is 0 Å². The summed E-state index contributed by atoms with van der Waals surface area (Å²) in [6, 6.07) is 0. The minimum atomic E-state index is 0.190. The minimum absolute atomic E-state index is 0.190. The monoisotopic (exact) mass is 214 g/mol. The van der Waals surface area contributed by atoms with E-state index in [0.29, 0.717) is 12.5 Å². The van der Waals surface area contributed by atoms with Crippen LogP contribution in [-0.2, 0) is 4.74 Å². The van der Waals surface area contributed by atoms with E-state index in [2.05, 4.69) is 13.8 Å². The summed E-state index contributed by atoms with van der Waals surface area (Å²) in [5.41, 5.74) is 0.190. The summed E-state index contributed by atoms with van der Waals surface area (Å²) in [6.45, 7) is 6.35. The summed E-state index contributed by atoms with van der Waals surface area (Å²) < 4.78 is 5.61. The maximum absolute atomic E-state index is 9.49. The topological polar surface area (TPSA) is 29.5 Å². The van der Waals surface area contributed by atoms with Crippen LogP contribution in [-0.4, -0.2) is 24.9 Å². The van der Waals surface area contributed by atoms with Gasteiger partial charge in [-0.1, -0.05) is 33.1 Å². The molecule has 90 valence electrons. The Morgan fingerprint density at radius 2 is 1.87 bits per heavy atom. The second kappa shape index (κ2) is 6.49. The molecule has 0 bridgehead atoms. The van der Waals surface area contributed by atoms with Crippen LogP contribution in [0.5, 0.6) is 0 Å². The lowest BCUT2D eigenvalue weighted by atomic mass is 9.72. The number of rotatable bonds is 6. The first-order valence-corrected chi connectivity index (χ1v) is 6.37. The molecule has 0 unspecified atom stereocenters. The molecule has 15 heavy (non-hydrogen) atoms. The van der Waals surface area contributed by atoms with Gasteiger partial charge in [0.15, 0.2) is 0 Å². The van der Waals surface area contributed by atoms with Crippen molar-refractivity contribution in [3.63, 3.8) is 0 Å². The van der Waals surface area contributed by atoms with Crippen LogP contribution in [0.25, 0.3) is 0 Å². The van der Waals surface area contributed by atoms with Crippen molar-refractivity contribution in [1.29, 1.82) is 0 Å². The Kier molecular flexibility index (Phi) is 5.62. The molecule has 0 aromatic heterocycles. The SMILES string of the molecule is CC(C)COCCC1(CO)CCCCC1. The molecule has 0 amide bonds. The Morgan fingerprint density at radius 3 is 2.40 bits per heavy atom. The zero-order valence-electron chi connectivity index (χ0n) is 10.3. The molecule has 0 saturated heterocycles. The molecule has 1 aliphatic carbocycles. The highest BCUT2D eigenvalue weighted by Gasteiger charge is 2.30. The van der Waals surface area contributed by atoms with Crippen LogP contribution in [0.15, 0.2) is 0 Å². The molecule has 1 aliphatic rings. The Bertz CT molecular complexity index is 160. The molecule has 1 rings (SSSR count). The third kappa shape index (κ3) is 4.52. The van der Waals surface area contributed by atoms with Gasteiger partial charge in [-0.15, -0.1) is 0 Å². The van der Waals surface area contributed by atoms with Gasteiger partial charge in [0, 0.05) is 19.8 Å². The maximum Gasteiger partial charge on any atom is 0.0488 e. The molecular weight excluding hydrogens is 188 g/mol. The van der Waals surface area contributed by atoms with Gasteiger partial charge in [-0.2, -0.15) is 0 Å². The first-order chi connectivity index (χ1) is 7.18. The van der Waals surface area contributed by atoms with Gasteiger partial charge >= 0.3 is 0 Å². The van der Waals surface area contributed by atoms with Crippen LogP contribution >= 0.6 is 0 Å². The van der Waals surface area contributed by atoms with E-state index in [1.165, 1.54) is 32.1 Å². The number of aliphatic hydroxyl groups is 1. The summed E-state index contributed by atoms with van der Waals surface area (Å²) in [7, 11) is 0. The average Bonchev–Trinajstić information content (AvgIpc) is 2.26. The molecule has 1 fully saturated rings. The second-order valence-electron chi connectivity index (χ2n) is 5.44. The molecule has 0 atom stereocenters. The first-order valence-electron chi connectivity index (χ1n) is 6.37. The molecule has 0 radical (unpaired) electrons. The van der Waals surface area contributed by atoms with Gasteiger partial charge in [-0.25, -0.2) is 0 Å². The molecule has 0 aliphatic heterocycles. The molecule has 0 aromatic rings. The van der Waals surface area contributed by atoms with Crippen LogP contribution in [0.2, 0.25) is 0 Å². The summed E-state index contributed by atoms with van der Waals surface area (Å²) in [5, 5.41) is 9.49. The van der Waals surface area contributed by atoms with Crippen molar-refractivity contribution in [2.75, 3.05) is 19.8 Å². The van der Waals surface area contributed by atoms with Crippen molar-refractivity contribution in [3.05, 3.63) is 0 Å². The fourth-order valence-electron chi connectivity index (χ4n) is 2.40. The zero-order chi connectivity index (χ0) is 11.1. The van der Waals surface area contributed by atoms with Gasteiger partial charge in [-0.05, 0) is 30.6 Å². The number of hydrogen-bond acceptors (Lipinski definition) is 2. The van der Waals surface area contributed by atoms with Crippen LogP contribution in [0.1, 0.15) is 52.4 Å². The van der Waals surface area contributed by atoms with E-state index >= 15 is 0 Å². The fraction of sp³-hybridized carbons (Fsp3) is 1.00. The lowest BCUT2D eigenvalue weighted by molar-refractivity contribution is 0.0256. The van der Waals surface area contributed by atoms with Crippen molar-refractivity contribution >= 4 is 0 Å². The highest BCUT2D eigenvalue weighted by atomic mass is 16.5. The van der Waals surface area contributed by atoms with Crippen LogP contribution < -0.4 is 0 Å². The van der Waals surface area contributed by atoms with E-state index in [-0.39, 0.29) is 5.41 Å². The van der Waals surface area contributed by atoms with E-state index in [0.717, 1.165) is 19.6 Å². The predicted molar refractivity (Wildman–Crippen MR) is 62.9 cm³/mol. The van der Waals surface area contributed by atoms with Crippen molar-refractivity contribution in [3.8, 4) is 0 Å². The van der Waals surface area contributed by atoms with Gasteiger partial charge in [0.05, 0.1) is 0 Å². The molecule has 1 N–H and O–H groups in total. The van der Waals surface area contributed by atoms with Crippen molar-refractivity contribution in [2.24, 2.45) is 11.3 Å². The van der Waals surface area contributed by atoms with Crippen molar-refractivity contribution in [2.45, 2.75) is 52.4 Å². The Morgan fingerprint density at radius 1 is 1.20 bits per heavy atom. The summed E-state index contributed by atoms with van der Waals surface area (Å²) in [5.74, 6) is 0.612. The molecular formula is C13H26O2. The number of hydrogen-bond donors (Lipinski definition) is 1. The third-order valence-corrected chi connectivity index (χ3v) is 3.48. The lowest BCUT2D eigenvalue weighted by Gasteiger charge is -2.35. The molecule has 2 nitrogen and oxygen atoms in total. The molecule has 1 saturated carbocycles. The van der Waals surface area contributed by atoms with Crippen molar-refractivity contribution < 1.29 is 9.84 Å². The van der Waals surface area contributed by atoms with E-state index < -0.39 is 0 Å². The van der Waals surface area contributed by atoms with E-state index in [1.807, 2.05) is 0 Å².